The minimum atomic E-state index is -3.82. The van der Waals surface area contributed by atoms with Crippen LogP contribution in [-0.4, -0.2) is 32.5 Å². The van der Waals surface area contributed by atoms with E-state index in [9.17, 15) is 13.7 Å². The maximum atomic E-state index is 12.5. The van der Waals surface area contributed by atoms with Crippen LogP contribution in [0.2, 0.25) is 0 Å². The van der Waals surface area contributed by atoms with Crippen molar-refractivity contribution in [2.24, 2.45) is 0 Å². The quantitative estimate of drug-likeness (QED) is 0.796. The van der Waals surface area contributed by atoms with E-state index in [2.05, 4.69) is 0 Å². The number of ether oxygens (including phenoxy) is 1. The smallest absolute Gasteiger partial charge is 0.216 e. The average Bonchev–Trinajstić information content (AvgIpc) is 2.75. The van der Waals surface area contributed by atoms with Crippen molar-refractivity contribution in [2.45, 2.75) is 31.2 Å². The molecule has 2 rings (SSSR count). The molecule has 0 radical (unpaired) electrons. The summed E-state index contributed by atoms with van der Waals surface area (Å²) in [5.41, 5.74) is 0.791. The van der Waals surface area contributed by atoms with Gasteiger partial charge in [-0.3, -0.25) is 0 Å². The van der Waals surface area contributed by atoms with Gasteiger partial charge in [-0.2, -0.15) is 5.26 Å². The predicted molar refractivity (Wildman–Crippen MR) is 87.9 cm³/mol. The number of nitriles is 1. The molecule has 1 saturated heterocycles. The number of benzene rings is 1. The van der Waals surface area contributed by atoms with Crippen LogP contribution in [0.3, 0.4) is 0 Å². The molecule has 1 heterocycles. The van der Waals surface area contributed by atoms with Crippen molar-refractivity contribution in [3.63, 3.8) is 0 Å². The van der Waals surface area contributed by atoms with Crippen molar-refractivity contribution in [3.05, 3.63) is 52.8 Å². The SMILES string of the molecule is Cc1ccc(S(=O)(=O)/C(C#N)=C\C=C2\OCC(C)(C)N2C)cc1. The van der Waals surface area contributed by atoms with E-state index in [0.29, 0.717) is 12.5 Å². The highest BCUT2D eigenvalue weighted by Crippen LogP contribution is 2.28. The Morgan fingerprint density at radius 2 is 1.96 bits per heavy atom. The molecule has 5 nitrogen and oxygen atoms in total. The van der Waals surface area contributed by atoms with Crippen LogP contribution < -0.4 is 0 Å². The zero-order valence-corrected chi connectivity index (χ0v) is 14.5. The summed E-state index contributed by atoms with van der Waals surface area (Å²) in [5, 5.41) is 9.24. The molecule has 122 valence electrons. The van der Waals surface area contributed by atoms with Crippen LogP contribution in [-0.2, 0) is 14.6 Å². The third kappa shape index (κ3) is 3.40. The van der Waals surface area contributed by atoms with Crippen LogP contribution in [0.4, 0.5) is 0 Å². The first-order chi connectivity index (χ1) is 10.7. The maximum absolute atomic E-state index is 12.5. The van der Waals surface area contributed by atoms with Crippen LogP contribution in [0.25, 0.3) is 0 Å². The van der Waals surface area contributed by atoms with E-state index in [1.165, 1.54) is 24.3 Å². The second kappa shape index (κ2) is 6.09. The Balaban J connectivity index is 2.37. The lowest BCUT2D eigenvalue weighted by molar-refractivity contribution is 0.236. The van der Waals surface area contributed by atoms with Crippen molar-refractivity contribution in [2.75, 3.05) is 13.7 Å². The summed E-state index contributed by atoms with van der Waals surface area (Å²) >= 11 is 0. The highest BCUT2D eigenvalue weighted by molar-refractivity contribution is 7.95. The third-order valence-corrected chi connectivity index (χ3v) is 5.62. The Morgan fingerprint density at radius 3 is 2.43 bits per heavy atom. The first-order valence-corrected chi connectivity index (χ1v) is 8.67. The zero-order valence-electron chi connectivity index (χ0n) is 13.7. The number of allylic oxidation sites excluding steroid dienone is 3. The fraction of sp³-hybridized carbons (Fsp3) is 0.353. The molecule has 1 fully saturated rings. The van der Waals surface area contributed by atoms with E-state index >= 15 is 0 Å². The summed E-state index contributed by atoms with van der Waals surface area (Å²) in [6, 6.07) is 8.19. The number of nitrogens with zero attached hydrogens (tertiary/aromatic N) is 2. The Labute approximate surface area is 137 Å². The summed E-state index contributed by atoms with van der Waals surface area (Å²) in [6.45, 7) is 6.42. The molecule has 23 heavy (non-hydrogen) atoms. The molecule has 6 heteroatoms. The van der Waals surface area contributed by atoms with Crippen LogP contribution in [0.5, 0.6) is 0 Å². The summed E-state index contributed by atoms with van der Waals surface area (Å²) in [5.74, 6) is 0.543. The van der Waals surface area contributed by atoms with Gasteiger partial charge in [-0.05, 0) is 39.0 Å². The minimum Gasteiger partial charge on any atom is -0.477 e. The zero-order chi connectivity index (χ0) is 17.3. The molecule has 0 amide bonds. The lowest BCUT2D eigenvalue weighted by atomic mass is 10.1. The molecule has 0 spiro atoms. The van der Waals surface area contributed by atoms with E-state index in [1.807, 2.05) is 32.7 Å². The standard InChI is InChI=1S/C17H20N2O3S/c1-13-5-7-14(8-6-13)23(20,21)15(11-18)9-10-16-19(4)17(2,3)12-22-16/h5-10H,12H2,1-4H3/b15-9-,16-10+. The Morgan fingerprint density at radius 1 is 1.35 bits per heavy atom. The van der Waals surface area contributed by atoms with Crippen molar-refractivity contribution >= 4 is 9.84 Å². The van der Waals surface area contributed by atoms with E-state index in [4.69, 9.17) is 4.74 Å². The number of rotatable bonds is 3. The number of hydrogen-bond donors (Lipinski definition) is 0. The van der Waals surface area contributed by atoms with Gasteiger partial charge in [0, 0.05) is 13.1 Å². The van der Waals surface area contributed by atoms with Gasteiger partial charge in [-0.25, -0.2) is 8.42 Å². The molecular weight excluding hydrogens is 312 g/mol. The number of aryl methyl sites for hydroxylation is 1. The molecule has 0 saturated carbocycles. The number of likely N-dealkylation sites (N-methyl/N-ethyl adjacent to an activating group) is 1. The van der Waals surface area contributed by atoms with E-state index in [-0.39, 0.29) is 15.3 Å². The van der Waals surface area contributed by atoms with Crippen LogP contribution >= 0.6 is 0 Å². The highest BCUT2D eigenvalue weighted by atomic mass is 32.2. The van der Waals surface area contributed by atoms with E-state index in [0.717, 1.165) is 5.56 Å². The largest absolute Gasteiger partial charge is 0.477 e. The van der Waals surface area contributed by atoms with Gasteiger partial charge < -0.3 is 9.64 Å². The molecule has 0 N–H and O–H groups in total. The number of hydrogen-bond acceptors (Lipinski definition) is 5. The second-order valence-corrected chi connectivity index (χ2v) is 8.04. The normalized spacial score (nSPS) is 19.5. The fourth-order valence-electron chi connectivity index (χ4n) is 2.08. The summed E-state index contributed by atoms with van der Waals surface area (Å²) < 4.78 is 30.6. The fourth-order valence-corrected chi connectivity index (χ4v) is 3.20. The van der Waals surface area contributed by atoms with Gasteiger partial charge in [0.15, 0.2) is 5.88 Å². The van der Waals surface area contributed by atoms with Crippen LogP contribution in [0, 0.1) is 18.3 Å². The van der Waals surface area contributed by atoms with Gasteiger partial charge in [0.1, 0.15) is 17.6 Å². The molecule has 1 aromatic carbocycles. The van der Waals surface area contributed by atoms with Crippen molar-refractivity contribution < 1.29 is 13.2 Å². The van der Waals surface area contributed by atoms with Crippen LogP contribution in [0.1, 0.15) is 19.4 Å². The Hall–Kier alpha value is -2.26. The molecule has 0 atom stereocenters. The van der Waals surface area contributed by atoms with Crippen molar-refractivity contribution in [1.29, 1.82) is 5.26 Å². The summed E-state index contributed by atoms with van der Waals surface area (Å²) in [4.78, 5) is 1.71. The third-order valence-electron chi connectivity index (χ3n) is 3.92. The predicted octanol–water partition coefficient (Wildman–Crippen LogP) is 2.76. The topological polar surface area (TPSA) is 70.4 Å². The van der Waals surface area contributed by atoms with E-state index < -0.39 is 9.84 Å². The molecule has 0 bridgehead atoms. The van der Waals surface area contributed by atoms with Crippen molar-refractivity contribution in [1.82, 2.24) is 4.90 Å². The molecular formula is C17H20N2O3S. The van der Waals surface area contributed by atoms with E-state index in [1.54, 1.807) is 18.2 Å². The van der Waals surface area contributed by atoms with Gasteiger partial charge >= 0.3 is 0 Å². The monoisotopic (exact) mass is 332 g/mol. The van der Waals surface area contributed by atoms with Gasteiger partial charge in [0.05, 0.1) is 10.4 Å². The molecule has 0 aliphatic carbocycles. The Kier molecular flexibility index (Phi) is 4.53. The Bertz CT molecular complexity index is 797. The number of sulfone groups is 1. The second-order valence-electron chi connectivity index (χ2n) is 6.12. The van der Waals surface area contributed by atoms with Crippen LogP contribution in [0.15, 0.2) is 52.1 Å². The summed E-state index contributed by atoms with van der Waals surface area (Å²) in [6.07, 6.45) is 2.82. The molecule has 0 unspecified atom stereocenters. The lowest BCUT2D eigenvalue weighted by Gasteiger charge is -2.25. The maximum Gasteiger partial charge on any atom is 0.216 e. The van der Waals surface area contributed by atoms with Gasteiger partial charge in [0.2, 0.25) is 9.84 Å². The van der Waals surface area contributed by atoms with Gasteiger partial charge in [0.25, 0.3) is 0 Å². The molecule has 1 aliphatic rings. The minimum absolute atomic E-state index is 0.107. The summed E-state index contributed by atoms with van der Waals surface area (Å²) in [7, 11) is -1.96. The van der Waals surface area contributed by atoms with Crippen molar-refractivity contribution in [3.8, 4) is 6.07 Å². The molecule has 1 aliphatic heterocycles. The molecule has 1 aromatic rings. The first-order valence-electron chi connectivity index (χ1n) is 7.19. The lowest BCUT2D eigenvalue weighted by Crippen LogP contribution is -2.36. The first kappa shape index (κ1) is 17.1. The average molecular weight is 332 g/mol. The van der Waals surface area contributed by atoms with Gasteiger partial charge in [-0.1, -0.05) is 17.7 Å². The highest BCUT2D eigenvalue weighted by Gasteiger charge is 2.33. The molecule has 0 aromatic heterocycles. The van der Waals surface area contributed by atoms with Gasteiger partial charge in [-0.15, -0.1) is 0 Å².